The van der Waals surface area contributed by atoms with Crippen molar-refractivity contribution in [1.29, 1.82) is 0 Å². The number of anilines is 4. The fourth-order valence-corrected chi connectivity index (χ4v) is 7.90. The lowest BCUT2D eigenvalue weighted by Gasteiger charge is -2.30. The van der Waals surface area contributed by atoms with Gasteiger partial charge in [0.1, 0.15) is 0 Å². The van der Waals surface area contributed by atoms with Gasteiger partial charge in [-0.1, -0.05) is 86.6 Å². The van der Waals surface area contributed by atoms with E-state index in [1.165, 1.54) is 0 Å². The van der Waals surface area contributed by atoms with Crippen LogP contribution < -0.4 is 20.4 Å². The van der Waals surface area contributed by atoms with Crippen molar-refractivity contribution >= 4 is 46.4 Å². The van der Waals surface area contributed by atoms with E-state index < -0.39 is 12.3 Å². The number of hydrogen-bond donors (Lipinski definition) is 2. The van der Waals surface area contributed by atoms with Crippen LogP contribution in [0.15, 0.2) is 84.9 Å². The van der Waals surface area contributed by atoms with Crippen molar-refractivity contribution < 1.29 is 19.2 Å². The van der Waals surface area contributed by atoms with Crippen LogP contribution in [0.2, 0.25) is 0 Å². The second kappa shape index (κ2) is 18.1. The van der Waals surface area contributed by atoms with Gasteiger partial charge in [-0.3, -0.25) is 38.8 Å². The van der Waals surface area contributed by atoms with Crippen molar-refractivity contribution in [3.63, 3.8) is 0 Å². The largest absolute Gasteiger partial charge is 0.323 e. The molecule has 10 nitrogen and oxygen atoms in total. The lowest BCUT2D eigenvalue weighted by molar-refractivity contribution is -0.121. The van der Waals surface area contributed by atoms with Crippen LogP contribution in [-0.2, 0) is 19.2 Å². The Morgan fingerprint density at radius 3 is 1.11 bits per heavy atom. The van der Waals surface area contributed by atoms with Gasteiger partial charge in [0.2, 0.25) is 11.8 Å². The third kappa shape index (κ3) is 8.41. The van der Waals surface area contributed by atoms with E-state index in [1.54, 1.807) is 9.80 Å². The Bertz CT molecular complexity index is 1890. The molecule has 2 aliphatic rings. The van der Waals surface area contributed by atoms with E-state index in [0.29, 0.717) is 13.1 Å². The van der Waals surface area contributed by atoms with Gasteiger partial charge < -0.3 is 10.6 Å². The average molecular weight is 759 g/mol. The molecule has 6 rings (SSSR count). The summed E-state index contributed by atoms with van der Waals surface area (Å²) in [5, 5.41) is 6.19. The highest BCUT2D eigenvalue weighted by molar-refractivity contribution is 6.11. The normalized spacial score (nSPS) is 19.9. The van der Waals surface area contributed by atoms with Crippen molar-refractivity contribution in [2.24, 2.45) is 0 Å². The minimum atomic E-state index is -0.664. The first-order valence-corrected chi connectivity index (χ1v) is 19.8. The lowest BCUT2D eigenvalue weighted by atomic mass is 10.1. The van der Waals surface area contributed by atoms with Gasteiger partial charge in [-0.15, -0.1) is 0 Å². The van der Waals surface area contributed by atoms with E-state index in [2.05, 4.69) is 24.5 Å². The zero-order chi connectivity index (χ0) is 40.8. The molecule has 2 aliphatic heterocycles. The second-order valence-corrected chi connectivity index (χ2v) is 15.1. The number of carbonyl (C=O) groups is 4. The Morgan fingerprint density at radius 2 is 0.804 bits per heavy atom. The second-order valence-electron chi connectivity index (χ2n) is 15.1. The van der Waals surface area contributed by atoms with Crippen LogP contribution in [-0.4, -0.2) is 70.9 Å². The van der Waals surface area contributed by atoms with Crippen LogP contribution in [0.25, 0.3) is 0 Å². The van der Waals surface area contributed by atoms with Crippen molar-refractivity contribution in [1.82, 2.24) is 9.80 Å². The molecule has 0 bridgehead atoms. The first-order chi connectivity index (χ1) is 26.7. The Hall–Kier alpha value is -5.32. The van der Waals surface area contributed by atoms with Crippen molar-refractivity contribution in [2.45, 2.75) is 106 Å². The molecule has 0 unspecified atom stereocenters. The number of para-hydroxylation sites is 4. The zero-order valence-electron chi connectivity index (χ0n) is 34.6. The molecule has 10 heteroatoms. The van der Waals surface area contributed by atoms with Gasteiger partial charge in [-0.05, 0) is 114 Å². The van der Waals surface area contributed by atoms with E-state index >= 15 is 0 Å². The van der Waals surface area contributed by atoms with E-state index in [9.17, 15) is 19.2 Å². The van der Waals surface area contributed by atoms with Gasteiger partial charge in [0.25, 0.3) is 11.8 Å². The molecule has 0 aliphatic carbocycles. The summed E-state index contributed by atoms with van der Waals surface area (Å²) in [6, 6.07) is 26.7. The summed E-state index contributed by atoms with van der Waals surface area (Å²) in [5.74, 6) is -0.424. The molecular weight excluding hydrogens is 701 g/mol. The molecule has 2 fully saturated rings. The third-order valence-electron chi connectivity index (χ3n) is 10.9. The predicted molar refractivity (Wildman–Crippen MR) is 227 cm³/mol. The number of nitrogens with one attached hydrogen (secondary N) is 2. The summed E-state index contributed by atoms with van der Waals surface area (Å²) in [5.41, 5.74) is 9.22. The van der Waals surface area contributed by atoms with Gasteiger partial charge in [0.15, 0.2) is 12.3 Å². The van der Waals surface area contributed by atoms with E-state index in [1.807, 2.05) is 150 Å². The SMILES string of the molecule is CCCN1[C@H](C(=O)Nc2c(C)cccc2C)N(c2ccccc2C)C(=O)[C@@H]1C.CCCN1[C@H](C)C(=O)N(c2ccccc2C)[C@@H]1C(=O)Nc1c(C)cccc1C. The van der Waals surface area contributed by atoms with Gasteiger partial charge in [0, 0.05) is 35.8 Å². The first-order valence-electron chi connectivity index (χ1n) is 19.8. The van der Waals surface area contributed by atoms with Crippen LogP contribution in [0.3, 0.4) is 0 Å². The average Bonchev–Trinajstić information content (AvgIpc) is 3.56. The Morgan fingerprint density at radius 1 is 0.500 bits per heavy atom. The van der Waals surface area contributed by atoms with E-state index in [4.69, 9.17) is 0 Å². The van der Waals surface area contributed by atoms with Crippen LogP contribution >= 0.6 is 0 Å². The Balaban J connectivity index is 0.000000214. The summed E-state index contributed by atoms with van der Waals surface area (Å²) in [7, 11) is 0. The molecule has 0 spiro atoms. The summed E-state index contributed by atoms with van der Waals surface area (Å²) in [6.07, 6.45) is 0.406. The van der Waals surface area contributed by atoms with E-state index in [-0.39, 0.29) is 35.7 Å². The number of nitrogens with zero attached hydrogens (tertiary/aromatic N) is 4. The number of amides is 4. The minimum Gasteiger partial charge on any atom is -0.323 e. The molecule has 4 atom stereocenters. The number of hydrogen-bond acceptors (Lipinski definition) is 6. The molecule has 0 aromatic heterocycles. The molecule has 2 N–H and O–H groups in total. The quantitative estimate of drug-likeness (QED) is 0.170. The summed E-state index contributed by atoms with van der Waals surface area (Å²) < 4.78 is 0. The smallest absolute Gasteiger partial charge is 0.262 e. The fourth-order valence-electron chi connectivity index (χ4n) is 7.90. The van der Waals surface area contributed by atoms with Gasteiger partial charge in [-0.25, -0.2) is 0 Å². The van der Waals surface area contributed by atoms with Crippen molar-refractivity contribution in [3.05, 3.63) is 118 Å². The first kappa shape index (κ1) is 41.8. The summed E-state index contributed by atoms with van der Waals surface area (Å²) in [4.78, 5) is 60.5. The highest BCUT2D eigenvalue weighted by Crippen LogP contribution is 2.34. The summed E-state index contributed by atoms with van der Waals surface area (Å²) >= 11 is 0. The highest BCUT2D eigenvalue weighted by atomic mass is 16.2. The Labute approximate surface area is 332 Å². The molecule has 4 aromatic rings. The monoisotopic (exact) mass is 758 g/mol. The molecule has 56 heavy (non-hydrogen) atoms. The zero-order valence-corrected chi connectivity index (χ0v) is 34.6. The molecule has 2 heterocycles. The van der Waals surface area contributed by atoms with E-state index in [0.717, 1.165) is 69.0 Å². The molecule has 4 aromatic carbocycles. The maximum Gasteiger partial charge on any atom is 0.262 e. The lowest BCUT2D eigenvalue weighted by Crippen LogP contribution is -2.49. The molecule has 4 amide bonds. The van der Waals surface area contributed by atoms with Gasteiger partial charge in [0.05, 0.1) is 12.1 Å². The number of carbonyl (C=O) groups excluding carboxylic acids is 4. The molecule has 296 valence electrons. The molecule has 2 saturated heterocycles. The summed E-state index contributed by atoms with van der Waals surface area (Å²) in [6.45, 7) is 21.1. The van der Waals surface area contributed by atoms with Crippen LogP contribution in [0.5, 0.6) is 0 Å². The van der Waals surface area contributed by atoms with Crippen molar-refractivity contribution in [2.75, 3.05) is 33.5 Å². The fraction of sp³-hybridized carbons (Fsp3) is 0.391. The number of rotatable bonds is 10. The standard InChI is InChI=1S/2C23H29N3O2/c2*1-6-14-25-18(5)23(28)26(19-13-8-7-10-15(19)2)22(25)21(27)24-20-16(3)11-9-12-17(20)4/h2*7-13,18,22H,6,14H2,1-5H3,(H,24,27)/t2*18-,22-/m10/s1. The van der Waals surface area contributed by atoms with Crippen LogP contribution in [0.1, 0.15) is 73.9 Å². The number of aryl methyl sites for hydroxylation is 6. The predicted octanol–water partition coefficient (Wildman–Crippen LogP) is 8.05. The molecular formula is C46H58N6O4. The van der Waals surface area contributed by atoms with Gasteiger partial charge >= 0.3 is 0 Å². The highest BCUT2D eigenvalue weighted by Gasteiger charge is 2.49. The van der Waals surface area contributed by atoms with Gasteiger partial charge in [-0.2, -0.15) is 0 Å². The van der Waals surface area contributed by atoms with Crippen LogP contribution in [0, 0.1) is 41.5 Å². The van der Waals surface area contributed by atoms with Crippen molar-refractivity contribution in [3.8, 4) is 0 Å². The Kier molecular flexibility index (Phi) is 13.5. The number of benzene rings is 4. The third-order valence-corrected chi connectivity index (χ3v) is 10.9. The maximum atomic E-state index is 13.4. The van der Waals surface area contributed by atoms with Crippen LogP contribution in [0.4, 0.5) is 22.7 Å². The maximum absolute atomic E-state index is 13.4. The minimum absolute atomic E-state index is 0.0376. The molecule has 0 saturated carbocycles. The molecule has 0 radical (unpaired) electrons. The topological polar surface area (TPSA) is 105 Å².